The lowest BCUT2D eigenvalue weighted by Crippen LogP contribution is -2.60. The van der Waals surface area contributed by atoms with Crippen molar-refractivity contribution >= 4 is 74.1 Å². The van der Waals surface area contributed by atoms with Crippen LogP contribution in [0.5, 0.6) is 5.75 Å². The summed E-state index contributed by atoms with van der Waals surface area (Å²) in [5.41, 5.74) is 2.39. The molecule has 12 heteroatoms. The minimum atomic E-state index is -1.95. The molecule has 3 aliphatic heterocycles. The number of amides is 4. The summed E-state index contributed by atoms with van der Waals surface area (Å²) in [7, 11) is 1.34. The summed E-state index contributed by atoms with van der Waals surface area (Å²) in [6.45, 7) is 2.79. The molecule has 1 N–H and O–H groups in total. The fourth-order valence-electron chi connectivity index (χ4n) is 7.73. The van der Waals surface area contributed by atoms with Gasteiger partial charge >= 0.3 is 0 Å². The van der Waals surface area contributed by atoms with E-state index >= 15 is 0 Å². The average Bonchev–Trinajstić information content (AvgIpc) is 3.34. The van der Waals surface area contributed by atoms with Crippen molar-refractivity contribution in [2.45, 2.75) is 28.5 Å². The van der Waals surface area contributed by atoms with Gasteiger partial charge < -0.3 is 14.7 Å². The van der Waals surface area contributed by atoms with Crippen LogP contribution in [0, 0.1) is 17.8 Å². The number of aromatic hydroxyl groups is 1. The van der Waals surface area contributed by atoms with Crippen LogP contribution >= 0.6 is 39.1 Å². The number of hydrogen-bond acceptors (Lipinski definition) is 7. The Bertz CT molecular complexity index is 1610. The normalized spacial score (nSPS) is 33.9. The van der Waals surface area contributed by atoms with Crippen molar-refractivity contribution in [3.8, 4) is 5.75 Å². The van der Waals surface area contributed by atoms with Gasteiger partial charge in [-0.15, -0.1) is 23.2 Å². The van der Waals surface area contributed by atoms with Crippen molar-refractivity contribution < 1.29 is 29.0 Å². The number of halogens is 3. The van der Waals surface area contributed by atoms with E-state index in [4.69, 9.17) is 27.9 Å². The molecule has 2 aromatic rings. The van der Waals surface area contributed by atoms with E-state index in [1.54, 1.807) is 24.3 Å². The Labute approximate surface area is 266 Å². The highest BCUT2D eigenvalue weighted by Gasteiger charge is 2.76. The summed E-state index contributed by atoms with van der Waals surface area (Å²) in [6, 6.07) is 12.1. The van der Waals surface area contributed by atoms with Gasteiger partial charge in [-0.2, -0.15) is 0 Å². The molecule has 3 saturated heterocycles. The van der Waals surface area contributed by atoms with Crippen molar-refractivity contribution in [2.24, 2.45) is 17.8 Å². The van der Waals surface area contributed by atoms with Crippen LogP contribution in [-0.2, 0) is 23.9 Å². The summed E-state index contributed by atoms with van der Waals surface area (Å²) in [4.78, 5) is 55.8. The second-order valence-electron chi connectivity index (χ2n) is 11.8. The number of nitrogens with zero attached hydrogens (tertiary/aromatic N) is 3. The lowest BCUT2D eigenvalue weighted by molar-refractivity contribution is -0.138. The first-order valence-electron chi connectivity index (χ1n) is 14.2. The first-order valence-corrected chi connectivity index (χ1v) is 15.7. The highest BCUT2D eigenvalue weighted by Crippen LogP contribution is 2.66. The van der Waals surface area contributed by atoms with Crippen LogP contribution in [0.1, 0.15) is 24.3 Å². The van der Waals surface area contributed by atoms with Gasteiger partial charge in [0.2, 0.25) is 11.8 Å². The zero-order valence-corrected chi connectivity index (χ0v) is 26.2. The van der Waals surface area contributed by atoms with Gasteiger partial charge in [0.1, 0.15) is 5.75 Å². The number of allylic oxidation sites excluding steroid dienone is 2. The maximum absolute atomic E-state index is 14.2. The highest BCUT2D eigenvalue weighted by molar-refractivity contribution is 9.10. The number of fused-ring (bicyclic) bond motifs is 4. The topological polar surface area (TPSA) is 107 Å². The number of anilines is 2. The zero-order chi connectivity index (χ0) is 30.4. The van der Waals surface area contributed by atoms with E-state index in [1.807, 2.05) is 18.2 Å². The van der Waals surface area contributed by atoms with Crippen LogP contribution in [0.25, 0.3) is 0 Å². The SMILES string of the molecule is CN1C(=O)[C@]2(Cl)C[C@@H]3C(=CC[C@@H]4C(=O)N(c5ccc(N6CCOCC6)cc5)C(=O)[C@@H]43)[C@H](c3cc(Br)ccc3O)[C@]2(Cl)C1=O. The second kappa shape index (κ2) is 10.1. The number of carbonyl (C=O) groups excluding carboxylic acids is 4. The molecular weight excluding hydrogens is 661 g/mol. The number of phenolic OH excluding ortho intramolecular Hbond substituents is 1. The highest BCUT2D eigenvalue weighted by atomic mass is 79.9. The summed E-state index contributed by atoms with van der Waals surface area (Å²) in [5.74, 6) is -5.31. The number of morpholine rings is 1. The number of likely N-dealkylation sites (tertiary alicyclic amines) is 1. The predicted octanol–water partition coefficient (Wildman–Crippen LogP) is 4.18. The van der Waals surface area contributed by atoms with Crippen LogP contribution in [0.2, 0.25) is 0 Å². The van der Waals surface area contributed by atoms with Crippen LogP contribution in [0.3, 0.4) is 0 Å². The zero-order valence-electron chi connectivity index (χ0n) is 23.1. The lowest BCUT2D eigenvalue weighted by Gasteiger charge is -2.50. The van der Waals surface area contributed by atoms with Gasteiger partial charge in [0.15, 0.2) is 9.75 Å². The second-order valence-corrected chi connectivity index (χ2v) is 14.0. The quantitative estimate of drug-likeness (QED) is 0.293. The molecule has 43 heavy (non-hydrogen) atoms. The Morgan fingerprint density at radius 2 is 1.60 bits per heavy atom. The summed E-state index contributed by atoms with van der Waals surface area (Å²) in [5, 5.41) is 11.0. The monoisotopic (exact) mass is 687 g/mol. The molecule has 4 fully saturated rings. The van der Waals surface area contributed by atoms with Crippen molar-refractivity contribution in [2.75, 3.05) is 43.2 Å². The molecule has 1 saturated carbocycles. The summed E-state index contributed by atoms with van der Waals surface area (Å²) >= 11 is 17.8. The largest absolute Gasteiger partial charge is 0.508 e. The Hall–Kier alpha value is -2.92. The third-order valence-electron chi connectivity index (χ3n) is 9.80. The molecule has 2 aliphatic carbocycles. The van der Waals surface area contributed by atoms with E-state index < -0.39 is 45.2 Å². The number of imide groups is 2. The first kappa shape index (κ1) is 28.8. The summed E-state index contributed by atoms with van der Waals surface area (Å²) in [6.07, 6.45) is 1.99. The molecule has 6 atom stereocenters. The third-order valence-corrected chi connectivity index (χ3v) is 11.7. The molecular formula is C31H28BrCl2N3O6. The van der Waals surface area contributed by atoms with E-state index in [1.165, 1.54) is 18.0 Å². The molecule has 9 nitrogen and oxygen atoms in total. The number of hydrogen-bond donors (Lipinski definition) is 1. The maximum Gasteiger partial charge on any atom is 0.253 e. The number of benzene rings is 2. The number of rotatable bonds is 3. The Morgan fingerprint density at radius 1 is 0.930 bits per heavy atom. The molecule has 0 unspecified atom stereocenters. The van der Waals surface area contributed by atoms with Crippen LogP contribution in [0.15, 0.2) is 58.6 Å². The van der Waals surface area contributed by atoms with Crippen molar-refractivity contribution in [1.29, 1.82) is 0 Å². The predicted molar refractivity (Wildman–Crippen MR) is 163 cm³/mol. The van der Waals surface area contributed by atoms with Crippen LogP contribution in [-0.4, -0.2) is 76.7 Å². The van der Waals surface area contributed by atoms with E-state index in [-0.39, 0.29) is 30.4 Å². The van der Waals surface area contributed by atoms with E-state index in [0.29, 0.717) is 34.5 Å². The molecule has 0 radical (unpaired) electrons. The molecule has 2 aromatic carbocycles. The Morgan fingerprint density at radius 3 is 2.30 bits per heavy atom. The van der Waals surface area contributed by atoms with Gasteiger partial charge in [-0.05, 0) is 61.2 Å². The van der Waals surface area contributed by atoms with Gasteiger partial charge in [0.25, 0.3) is 11.8 Å². The van der Waals surface area contributed by atoms with Crippen LogP contribution < -0.4 is 9.80 Å². The standard InChI is InChI=1S/C31H28BrCl2N3O6/c1-35-28(41)30(33)15-22-19(25(31(30,34)29(35)42)21-14-16(32)2-9-23(21)38)7-8-20-24(22)27(40)37(26(20)39)18-5-3-17(4-6-18)36-10-12-43-13-11-36/h2-7,9,14,20,22,24-25,38H,8,10-13,15H2,1H3/t20-,22+,24-,25+,30+,31-/m0/s1. The Kier molecular flexibility index (Phi) is 6.74. The minimum Gasteiger partial charge on any atom is -0.508 e. The molecule has 0 aromatic heterocycles. The minimum absolute atomic E-state index is 0.103. The van der Waals surface area contributed by atoms with E-state index in [9.17, 15) is 24.3 Å². The molecule has 4 amide bonds. The Balaban J connectivity index is 1.30. The van der Waals surface area contributed by atoms with Gasteiger partial charge in [-0.25, -0.2) is 0 Å². The molecule has 0 spiro atoms. The number of alkyl halides is 2. The molecule has 224 valence electrons. The van der Waals surface area contributed by atoms with Crippen molar-refractivity contribution in [3.05, 3.63) is 64.1 Å². The fourth-order valence-corrected chi connectivity index (χ4v) is 9.12. The smallest absolute Gasteiger partial charge is 0.253 e. The van der Waals surface area contributed by atoms with Crippen molar-refractivity contribution in [3.63, 3.8) is 0 Å². The third kappa shape index (κ3) is 3.92. The number of ether oxygens (including phenoxy) is 1. The molecule has 3 heterocycles. The molecule has 5 aliphatic rings. The maximum atomic E-state index is 14.2. The van der Waals surface area contributed by atoms with Crippen molar-refractivity contribution in [1.82, 2.24) is 4.90 Å². The molecule has 0 bridgehead atoms. The van der Waals surface area contributed by atoms with Gasteiger partial charge in [0.05, 0.1) is 30.7 Å². The molecule has 7 rings (SSSR count). The first-order chi connectivity index (χ1) is 20.5. The van der Waals surface area contributed by atoms with Gasteiger partial charge in [-0.1, -0.05) is 27.6 Å². The average molecular weight is 689 g/mol. The van der Waals surface area contributed by atoms with E-state index in [2.05, 4.69) is 20.8 Å². The number of carbonyl (C=O) groups is 4. The number of phenols is 1. The fraction of sp³-hybridized carbons (Fsp3) is 0.419. The van der Waals surface area contributed by atoms with Gasteiger partial charge in [-0.3, -0.25) is 29.0 Å². The van der Waals surface area contributed by atoms with E-state index in [0.717, 1.165) is 23.7 Å². The van der Waals surface area contributed by atoms with Gasteiger partial charge in [0, 0.05) is 41.8 Å². The van der Waals surface area contributed by atoms with Crippen LogP contribution in [0.4, 0.5) is 11.4 Å². The lowest BCUT2D eigenvalue weighted by atomic mass is 9.56. The summed E-state index contributed by atoms with van der Waals surface area (Å²) < 4.78 is 6.06.